The summed E-state index contributed by atoms with van der Waals surface area (Å²) in [6.07, 6.45) is 17.6. The van der Waals surface area contributed by atoms with Crippen LogP contribution in [0, 0.1) is 34.5 Å². The summed E-state index contributed by atoms with van der Waals surface area (Å²) in [7, 11) is -1.76. The number of allylic oxidation sites excluding steroid dienone is 1. The van der Waals surface area contributed by atoms with Gasteiger partial charge in [-0.3, -0.25) is 0 Å². The van der Waals surface area contributed by atoms with Crippen molar-refractivity contribution in [3.05, 3.63) is 23.8 Å². The Morgan fingerprint density at radius 1 is 1.02 bits per heavy atom. The third-order valence-corrected chi connectivity index (χ3v) is 17.5. The third-order valence-electron chi connectivity index (χ3n) is 13.0. The average Bonchev–Trinajstić information content (AvgIpc) is 3.21. The van der Waals surface area contributed by atoms with Crippen molar-refractivity contribution in [2.75, 3.05) is 6.61 Å². The molecule has 0 saturated heterocycles. The van der Waals surface area contributed by atoms with E-state index in [1.54, 1.807) is 5.57 Å². The largest absolute Gasteiger partial charge is 0.414 e. The van der Waals surface area contributed by atoms with Crippen LogP contribution in [-0.2, 0) is 13.9 Å². The second-order valence-electron chi connectivity index (χ2n) is 17.4. The van der Waals surface area contributed by atoms with Gasteiger partial charge in [0.05, 0.1) is 11.2 Å². The first-order valence-corrected chi connectivity index (χ1v) is 20.2. The lowest BCUT2D eigenvalue weighted by molar-refractivity contribution is -0.187. The van der Waals surface area contributed by atoms with Crippen LogP contribution in [0.5, 0.6) is 0 Å². The topological polar surface area (TPSA) is 47.9 Å². The van der Waals surface area contributed by atoms with Gasteiger partial charge >= 0.3 is 0 Å². The predicted octanol–water partition coefficient (Wildman–Crippen LogP) is 9.83. The molecule has 4 aliphatic rings. The van der Waals surface area contributed by atoms with E-state index in [0.29, 0.717) is 30.0 Å². The van der Waals surface area contributed by atoms with Crippen LogP contribution in [-0.4, -0.2) is 43.6 Å². The number of hydrogen-bond acceptors (Lipinski definition) is 4. The van der Waals surface area contributed by atoms with E-state index in [0.717, 1.165) is 31.1 Å². The summed E-state index contributed by atoms with van der Waals surface area (Å²) in [5, 5.41) is 12.2. The molecule has 0 aliphatic heterocycles. The van der Waals surface area contributed by atoms with Crippen molar-refractivity contribution < 1.29 is 19.0 Å². The molecule has 0 amide bonds. The van der Waals surface area contributed by atoms with Crippen LogP contribution >= 0.6 is 0 Å². The SMILES string of the molecule is CCOC(C)OC(C)(C)C/C=C\[C@](C)(O)[C@H]1CC[C@H]2[C@@H]3CC=C4C[C@@H](O[Si](C)(C)C(C)(C)C)CC[C@]4(C)[C@H]3CC[C@@]21C. The van der Waals surface area contributed by atoms with Gasteiger partial charge in [-0.1, -0.05) is 58.4 Å². The van der Waals surface area contributed by atoms with Crippen LogP contribution in [0.25, 0.3) is 0 Å². The fourth-order valence-corrected chi connectivity index (χ4v) is 11.1. The Hall–Kier alpha value is -0.463. The molecule has 242 valence electrons. The average molecular weight is 603 g/mol. The molecule has 0 radical (unpaired) electrons. The van der Waals surface area contributed by atoms with Gasteiger partial charge in [0, 0.05) is 12.7 Å². The standard InChI is InChI=1S/C37H66O4Si/c1-13-39-26(2)40-34(6,7)21-14-22-37(10,38)32-18-17-30-29-16-15-27-25-28(41-42(11,12)33(3,4)5)19-23-35(27,8)31(29)20-24-36(30,32)9/h14-15,22,26,28-32,38H,13,16-21,23-25H2,1-12H3/b22-14-/t26?,28-,29-,30-,31-,32-,35-,36-,37-/m0/s1. The van der Waals surface area contributed by atoms with Crippen molar-refractivity contribution in [2.24, 2.45) is 34.5 Å². The first-order valence-electron chi connectivity index (χ1n) is 17.3. The fourth-order valence-electron chi connectivity index (χ4n) is 9.75. The zero-order chi connectivity index (χ0) is 31.4. The summed E-state index contributed by atoms with van der Waals surface area (Å²) >= 11 is 0. The van der Waals surface area contributed by atoms with Gasteiger partial charge in [-0.15, -0.1) is 0 Å². The molecule has 3 saturated carbocycles. The highest BCUT2D eigenvalue weighted by molar-refractivity contribution is 6.74. The first-order chi connectivity index (χ1) is 19.3. The highest BCUT2D eigenvalue weighted by Gasteiger charge is 2.61. The van der Waals surface area contributed by atoms with E-state index >= 15 is 0 Å². The van der Waals surface area contributed by atoms with Crippen LogP contribution in [0.4, 0.5) is 0 Å². The van der Waals surface area contributed by atoms with Crippen molar-refractivity contribution in [3.63, 3.8) is 0 Å². The fraction of sp³-hybridized carbons (Fsp3) is 0.892. The molecule has 0 aromatic carbocycles. The summed E-state index contributed by atoms with van der Waals surface area (Å²) in [5.41, 5.74) is 1.07. The van der Waals surface area contributed by atoms with Gasteiger partial charge in [0.25, 0.3) is 0 Å². The van der Waals surface area contributed by atoms with Gasteiger partial charge < -0.3 is 19.0 Å². The normalized spacial score (nSPS) is 37.9. The molecule has 5 heteroatoms. The molecule has 0 spiro atoms. The third kappa shape index (κ3) is 6.71. The van der Waals surface area contributed by atoms with E-state index in [2.05, 4.69) is 86.7 Å². The molecule has 9 atom stereocenters. The predicted molar refractivity (Wildman–Crippen MR) is 178 cm³/mol. The molecule has 0 aromatic heterocycles. The van der Waals surface area contributed by atoms with Crippen LogP contribution < -0.4 is 0 Å². The Morgan fingerprint density at radius 2 is 1.71 bits per heavy atom. The highest BCUT2D eigenvalue weighted by Crippen LogP contribution is 2.67. The Balaban J connectivity index is 1.44. The van der Waals surface area contributed by atoms with E-state index in [1.165, 1.54) is 38.5 Å². The van der Waals surface area contributed by atoms with Crippen molar-refractivity contribution in [3.8, 4) is 0 Å². The van der Waals surface area contributed by atoms with Gasteiger partial charge in [0.2, 0.25) is 0 Å². The van der Waals surface area contributed by atoms with Crippen LogP contribution in [0.1, 0.15) is 127 Å². The number of hydrogen-bond donors (Lipinski definition) is 1. The lowest BCUT2D eigenvalue weighted by atomic mass is 9.47. The van der Waals surface area contributed by atoms with Gasteiger partial charge in [-0.25, -0.2) is 0 Å². The molecule has 3 fully saturated rings. The van der Waals surface area contributed by atoms with E-state index in [4.69, 9.17) is 13.9 Å². The summed E-state index contributed by atoms with van der Waals surface area (Å²) in [6, 6.07) is 0. The quantitative estimate of drug-likeness (QED) is 0.154. The molecule has 0 aromatic rings. The lowest BCUT2D eigenvalue weighted by Crippen LogP contribution is -2.53. The zero-order valence-corrected chi connectivity index (χ0v) is 30.4. The monoisotopic (exact) mass is 602 g/mol. The van der Waals surface area contributed by atoms with Gasteiger partial charge in [0.1, 0.15) is 0 Å². The first kappa shape index (κ1) is 34.4. The molecule has 1 N–H and O–H groups in total. The molecule has 0 heterocycles. The maximum absolute atomic E-state index is 11.9. The summed E-state index contributed by atoms with van der Waals surface area (Å²) < 4.78 is 18.7. The van der Waals surface area contributed by atoms with Gasteiger partial charge in [0.15, 0.2) is 14.6 Å². The highest BCUT2D eigenvalue weighted by atomic mass is 28.4. The van der Waals surface area contributed by atoms with Crippen molar-refractivity contribution in [1.29, 1.82) is 0 Å². The van der Waals surface area contributed by atoms with Crippen LogP contribution in [0.15, 0.2) is 23.8 Å². The number of aliphatic hydroxyl groups is 1. The Kier molecular flexibility index (Phi) is 9.87. The van der Waals surface area contributed by atoms with Crippen LogP contribution in [0.3, 0.4) is 0 Å². The molecule has 0 bridgehead atoms. The Bertz CT molecular complexity index is 1010. The minimum Gasteiger partial charge on any atom is -0.414 e. The maximum atomic E-state index is 11.9. The lowest BCUT2D eigenvalue weighted by Gasteiger charge is -2.59. The van der Waals surface area contributed by atoms with Crippen molar-refractivity contribution in [2.45, 2.75) is 169 Å². The zero-order valence-electron chi connectivity index (χ0n) is 29.4. The summed E-state index contributed by atoms with van der Waals surface area (Å²) in [5.74, 6) is 2.51. The number of fused-ring (bicyclic) bond motifs is 5. The smallest absolute Gasteiger partial charge is 0.192 e. The minimum atomic E-state index is -1.76. The number of ether oxygens (including phenoxy) is 2. The summed E-state index contributed by atoms with van der Waals surface area (Å²) in [4.78, 5) is 0. The molecule has 42 heavy (non-hydrogen) atoms. The maximum Gasteiger partial charge on any atom is 0.192 e. The second kappa shape index (κ2) is 12.0. The van der Waals surface area contributed by atoms with Crippen LogP contribution in [0.2, 0.25) is 18.1 Å². The molecule has 1 unspecified atom stereocenters. The number of rotatable bonds is 10. The molecule has 4 aliphatic carbocycles. The summed E-state index contributed by atoms with van der Waals surface area (Å²) in [6.45, 7) is 27.9. The molecular weight excluding hydrogens is 536 g/mol. The van der Waals surface area contributed by atoms with Gasteiger partial charge in [-0.2, -0.15) is 0 Å². The second-order valence-corrected chi connectivity index (χ2v) is 22.2. The Morgan fingerprint density at radius 3 is 2.36 bits per heavy atom. The van der Waals surface area contributed by atoms with E-state index in [-0.39, 0.29) is 22.3 Å². The van der Waals surface area contributed by atoms with E-state index in [1.807, 2.05) is 13.8 Å². The Labute approximate surface area is 260 Å². The van der Waals surface area contributed by atoms with E-state index < -0.39 is 13.9 Å². The molecular formula is C37H66O4Si. The van der Waals surface area contributed by atoms with Crippen molar-refractivity contribution in [1.82, 2.24) is 0 Å². The molecule has 4 rings (SSSR count). The van der Waals surface area contributed by atoms with Gasteiger partial charge in [-0.05, 0) is 145 Å². The van der Waals surface area contributed by atoms with Crippen molar-refractivity contribution >= 4 is 8.32 Å². The van der Waals surface area contributed by atoms with E-state index in [9.17, 15) is 5.11 Å². The minimum absolute atomic E-state index is 0.189. The molecule has 4 nitrogen and oxygen atoms in total.